The summed E-state index contributed by atoms with van der Waals surface area (Å²) in [5.74, 6) is 0.356. The Morgan fingerprint density at radius 2 is 1.75 bits per heavy atom. The summed E-state index contributed by atoms with van der Waals surface area (Å²) in [5, 5.41) is 19.6. The van der Waals surface area contributed by atoms with E-state index >= 15 is 0 Å². The molecule has 0 saturated heterocycles. The number of fused-ring (bicyclic) bond motifs is 1. The monoisotopic (exact) mass is 376 g/mol. The van der Waals surface area contributed by atoms with Crippen LogP contribution in [0.4, 0.5) is 0 Å². The van der Waals surface area contributed by atoms with Crippen molar-refractivity contribution in [2.75, 3.05) is 7.11 Å². The minimum Gasteiger partial charge on any atom is -0.507 e. The van der Waals surface area contributed by atoms with Crippen molar-refractivity contribution in [1.29, 1.82) is 0 Å². The zero-order chi connectivity index (χ0) is 19.5. The van der Waals surface area contributed by atoms with Crippen LogP contribution in [0.2, 0.25) is 0 Å². The van der Waals surface area contributed by atoms with E-state index in [0.717, 1.165) is 16.3 Å². The third-order valence-electron chi connectivity index (χ3n) is 4.21. The predicted octanol–water partition coefficient (Wildman–Crippen LogP) is 3.96. The van der Waals surface area contributed by atoms with Crippen molar-refractivity contribution >= 4 is 16.7 Å². The Labute approximate surface area is 160 Å². The second kappa shape index (κ2) is 7.40. The van der Waals surface area contributed by atoms with Gasteiger partial charge in [0.2, 0.25) is 5.89 Å². The molecule has 0 aliphatic rings. The highest BCUT2D eigenvalue weighted by Crippen LogP contribution is 2.26. The molecule has 0 aliphatic carbocycles. The molecule has 0 radical (unpaired) electrons. The van der Waals surface area contributed by atoms with E-state index in [0.29, 0.717) is 11.6 Å². The Bertz CT molecular complexity index is 1140. The van der Waals surface area contributed by atoms with Crippen LogP contribution in [0.25, 0.3) is 22.2 Å². The first-order chi connectivity index (χ1) is 13.6. The van der Waals surface area contributed by atoms with Gasteiger partial charge in [0.05, 0.1) is 7.11 Å². The van der Waals surface area contributed by atoms with Crippen LogP contribution in [0.3, 0.4) is 0 Å². The Morgan fingerprint density at radius 3 is 2.46 bits per heavy atom. The van der Waals surface area contributed by atoms with Gasteiger partial charge in [-0.1, -0.05) is 24.3 Å². The summed E-state index contributed by atoms with van der Waals surface area (Å²) in [6.07, 6.45) is 0. The molecular formula is C21H16N2O5. The summed E-state index contributed by atoms with van der Waals surface area (Å²) in [7, 11) is 1.58. The van der Waals surface area contributed by atoms with Crippen LogP contribution in [0.15, 0.2) is 65.1 Å². The number of rotatable bonds is 5. The number of nitrogens with zero attached hydrogens (tertiary/aromatic N) is 2. The number of phenolic OH excluding ortho intramolecular Hbond substituents is 1. The van der Waals surface area contributed by atoms with Crippen molar-refractivity contribution in [1.82, 2.24) is 10.2 Å². The van der Waals surface area contributed by atoms with Crippen molar-refractivity contribution in [3.05, 3.63) is 72.1 Å². The molecule has 140 valence electrons. The maximum atomic E-state index is 12.3. The molecule has 3 aromatic carbocycles. The first kappa shape index (κ1) is 17.5. The van der Waals surface area contributed by atoms with Gasteiger partial charge in [0.25, 0.3) is 5.89 Å². The predicted molar refractivity (Wildman–Crippen MR) is 101 cm³/mol. The quantitative estimate of drug-likeness (QED) is 0.527. The average molecular weight is 376 g/mol. The number of carbonyl (C=O) groups is 1. The summed E-state index contributed by atoms with van der Waals surface area (Å²) in [4.78, 5) is 12.3. The second-order valence-corrected chi connectivity index (χ2v) is 6.02. The fourth-order valence-corrected chi connectivity index (χ4v) is 2.76. The molecule has 0 spiro atoms. The summed E-state index contributed by atoms with van der Waals surface area (Å²) in [5.41, 5.74) is 0.798. The Kier molecular flexibility index (Phi) is 4.63. The first-order valence-electron chi connectivity index (χ1n) is 8.50. The van der Waals surface area contributed by atoms with E-state index in [1.165, 1.54) is 6.07 Å². The van der Waals surface area contributed by atoms with Crippen molar-refractivity contribution in [2.45, 2.75) is 6.61 Å². The van der Waals surface area contributed by atoms with Crippen LogP contribution in [0.1, 0.15) is 16.2 Å². The number of hydrogen-bond donors (Lipinski definition) is 1. The van der Waals surface area contributed by atoms with E-state index in [2.05, 4.69) is 10.2 Å². The lowest BCUT2D eigenvalue weighted by molar-refractivity contribution is 0.0435. The fraction of sp³-hybridized carbons (Fsp3) is 0.0952. The highest BCUT2D eigenvalue weighted by Gasteiger charge is 2.16. The van der Waals surface area contributed by atoms with Gasteiger partial charge in [-0.05, 0) is 47.2 Å². The topological polar surface area (TPSA) is 94.7 Å². The van der Waals surface area contributed by atoms with Crippen molar-refractivity contribution in [2.24, 2.45) is 0 Å². The van der Waals surface area contributed by atoms with Gasteiger partial charge in [-0.25, -0.2) is 4.79 Å². The maximum absolute atomic E-state index is 12.3. The molecule has 0 amide bonds. The number of carbonyl (C=O) groups excluding carboxylic acids is 1. The number of methoxy groups -OCH3 is 1. The Balaban J connectivity index is 1.46. The van der Waals surface area contributed by atoms with Crippen LogP contribution in [-0.4, -0.2) is 28.4 Å². The van der Waals surface area contributed by atoms with Crippen LogP contribution < -0.4 is 4.74 Å². The van der Waals surface area contributed by atoms with Crippen LogP contribution in [0, 0.1) is 0 Å². The zero-order valence-corrected chi connectivity index (χ0v) is 15.0. The molecule has 4 aromatic rings. The number of hydrogen-bond acceptors (Lipinski definition) is 7. The molecule has 28 heavy (non-hydrogen) atoms. The van der Waals surface area contributed by atoms with Gasteiger partial charge in [-0.15, -0.1) is 10.2 Å². The maximum Gasteiger partial charge on any atom is 0.342 e. The van der Waals surface area contributed by atoms with Gasteiger partial charge in [-0.3, -0.25) is 0 Å². The largest absolute Gasteiger partial charge is 0.507 e. The normalized spacial score (nSPS) is 10.8. The third-order valence-corrected chi connectivity index (χ3v) is 4.21. The molecule has 0 bridgehead atoms. The number of esters is 1. The van der Waals surface area contributed by atoms with Gasteiger partial charge >= 0.3 is 5.97 Å². The molecule has 1 N–H and O–H groups in total. The summed E-state index contributed by atoms with van der Waals surface area (Å²) in [6, 6.07) is 17.7. The van der Waals surface area contributed by atoms with Gasteiger partial charge in [-0.2, -0.15) is 0 Å². The number of aromatic hydroxyl groups is 1. The first-order valence-corrected chi connectivity index (χ1v) is 8.50. The molecule has 0 atom stereocenters. The Morgan fingerprint density at radius 1 is 1.04 bits per heavy atom. The molecule has 4 rings (SSSR count). The third kappa shape index (κ3) is 3.50. The molecule has 7 heteroatoms. The van der Waals surface area contributed by atoms with Crippen molar-refractivity contribution in [3.63, 3.8) is 0 Å². The standard InChI is InChI=1S/C21H16N2O5/c1-26-16-8-6-13(7-9-16)20-23-22-19(28-20)12-27-21(25)17-10-14-4-2-3-5-15(14)11-18(17)24/h2-11,24H,12H2,1H3. The molecule has 0 saturated carbocycles. The van der Waals surface area contributed by atoms with Crippen molar-refractivity contribution < 1.29 is 23.8 Å². The molecule has 1 heterocycles. The second-order valence-electron chi connectivity index (χ2n) is 6.02. The molecule has 0 fully saturated rings. The van der Waals surface area contributed by atoms with Crippen molar-refractivity contribution in [3.8, 4) is 23.0 Å². The molecule has 0 unspecified atom stereocenters. The van der Waals surface area contributed by atoms with E-state index in [4.69, 9.17) is 13.9 Å². The molecule has 7 nitrogen and oxygen atoms in total. The smallest absolute Gasteiger partial charge is 0.342 e. The number of phenols is 1. The number of ether oxygens (including phenoxy) is 2. The molecule has 1 aromatic heterocycles. The summed E-state index contributed by atoms with van der Waals surface area (Å²) < 4.78 is 15.9. The highest BCUT2D eigenvalue weighted by molar-refractivity contribution is 5.98. The van der Waals surface area contributed by atoms with E-state index in [9.17, 15) is 9.90 Å². The summed E-state index contributed by atoms with van der Waals surface area (Å²) in [6.45, 7) is -0.200. The van der Waals surface area contributed by atoms with Crippen LogP contribution in [-0.2, 0) is 11.3 Å². The number of aromatic nitrogens is 2. The van der Waals surface area contributed by atoms with Gasteiger partial charge in [0, 0.05) is 5.56 Å². The van der Waals surface area contributed by atoms with Crippen LogP contribution >= 0.6 is 0 Å². The van der Waals surface area contributed by atoms with Crippen LogP contribution in [0.5, 0.6) is 11.5 Å². The zero-order valence-electron chi connectivity index (χ0n) is 15.0. The lowest BCUT2D eigenvalue weighted by atomic mass is 10.1. The van der Waals surface area contributed by atoms with Gasteiger partial charge in [0.15, 0.2) is 6.61 Å². The van der Waals surface area contributed by atoms with Gasteiger partial charge in [0.1, 0.15) is 17.1 Å². The minimum atomic E-state index is -0.674. The average Bonchev–Trinajstić information content (AvgIpc) is 3.20. The number of benzene rings is 3. The van der Waals surface area contributed by atoms with E-state index in [1.807, 2.05) is 24.3 Å². The fourth-order valence-electron chi connectivity index (χ4n) is 2.76. The lowest BCUT2D eigenvalue weighted by Crippen LogP contribution is -2.06. The molecule has 0 aliphatic heterocycles. The van der Waals surface area contributed by atoms with Gasteiger partial charge < -0.3 is 19.0 Å². The van der Waals surface area contributed by atoms with E-state index in [-0.39, 0.29) is 23.8 Å². The Hall–Kier alpha value is -3.87. The highest BCUT2D eigenvalue weighted by atomic mass is 16.5. The molecular weight excluding hydrogens is 360 g/mol. The van der Waals surface area contributed by atoms with E-state index < -0.39 is 5.97 Å². The lowest BCUT2D eigenvalue weighted by Gasteiger charge is -2.06. The van der Waals surface area contributed by atoms with E-state index in [1.54, 1.807) is 37.4 Å². The summed E-state index contributed by atoms with van der Waals surface area (Å²) >= 11 is 0. The SMILES string of the molecule is COc1ccc(-c2nnc(COC(=O)c3cc4ccccc4cc3O)o2)cc1. The minimum absolute atomic E-state index is 0.0774.